The highest BCUT2D eigenvalue weighted by atomic mass is 16.5. The third kappa shape index (κ3) is 5.25. The van der Waals surface area contributed by atoms with Crippen molar-refractivity contribution in [3.05, 3.63) is 59.2 Å². The lowest BCUT2D eigenvalue weighted by atomic mass is 9.99. The van der Waals surface area contributed by atoms with E-state index in [9.17, 15) is 4.79 Å². The van der Waals surface area contributed by atoms with E-state index in [1.54, 1.807) is 7.11 Å². The van der Waals surface area contributed by atoms with Crippen LogP contribution in [0.1, 0.15) is 36.5 Å². The van der Waals surface area contributed by atoms with E-state index in [4.69, 9.17) is 4.74 Å². The van der Waals surface area contributed by atoms with Crippen molar-refractivity contribution in [3.63, 3.8) is 0 Å². The first-order valence-electron chi connectivity index (χ1n) is 9.79. The van der Waals surface area contributed by atoms with Crippen LogP contribution in [-0.2, 0) is 17.8 Å². The highest BCUT2D eigenvalue weighted by molar-refractivity contribution is 5.78. The summed E-state index contributed by atoms with van der Waals surface area (Å²) >= 11 is 0. The van der Waals surface area contributed by atoms with Crippen molar-refractivity contribution in [1.29, 1.82) is 0 Å². The molecule has 0 spiro atoms. The normalized spacial score (nSPS) is 16.9. The Morgan fingerprint density at radius 3 is 2.59 bits per heavy atom. The molecule has 1 atom stereocenters. The second-order valence-corrected chi connectivity index (χ2v) is 7.62. The highest BCUT2D eigenvalue weighted by Crippen LogP contribution is 2.23. The van der Waals surface area contributed by atoms with Gasteiger partial charge in [0.1, 0.15) is 5.75 Å². The van der Waals surface area contributed by atoms with Crippen molar-refractivity contribution in [2.45, 2.75) is 39.7 Å². The molecule has 0 aliphatic carbocycles. The van der Waals surface area contributed by atoms with Crippen LogP contribution in [0, 0.1) is 12.8 Å². The molecule has 2 aromatic rings. The van der Waals surface area contributed by atoms with Gasteiger partial charge >= 0.3 is 0 Å². The molecule has 0 saturated carbocycles. The summed E-state index contributed by atoms with van der Waals surface area (Å²) in [6.45, 7) is 7.15. The number of aryl methyl sites for hydroxylation is 1. The van der Waals surface area contributed by atoms with Crippen molar-refractivity contribution >= 4 is 11.6 Å². The van der Waals surface area contributed by atoms with Gasteiger partial charge in [-0.2, -0.15) is 0 Å². The monoisotopic (exact) mass is 366 g/mol. The number of ether oxygens (including phenoxy) is 1. The van der Waals surface area contributed by atoms with Crippen LogP contribution in [0.15, 0.2) is 42.5 Å². The number of rotatable bonds is 6. The topological polar surface area (TPSA) is 41.6 Å². The Kier molecular flexibility index (Phi) is 6.38. The summed E-state index contributed by atoms with van der Waals surface area (Å²) in [5, 5.41) is 3.02. The van der Waals surface area contributed by atoms with Crippen molar-refractivity contribution in [2.24, 2.45) is 5.92 Å². The van der Waals surface area contributed by atoms with Crippen LogP contribution in [0.4, 0.5) is 5.69 Å². The van der Waals surface area contributed by atoms with Gasteiger partial charge in [0.2, 0.25) is 5.91 Å². The average molecular weight is 367 g/mol. The van der Waals surface area contributed by atoms with Gasteiger partial charge in [-0.3, -0.25) is 4.79 Å². The fraction of sp³-hybridized carbons (Fsp3) is 0.435. The maximum absolute atomic E-state index is 12.3. The minimum Gasteiger partial charge on any atom is -0.496 e. The van der Waals surface area contributed by atoms with Gasteiger partial charge in [0.15, 0.2) is 0 Å². The van der Waals surface area contributed by atoms with Gasteiger partial charge < -0.3 is 15.0 Å². The molecule has 1 saturated heterocycles. The average Bonchev–Trinajstić information content (AvgIpc) is 2.67. The number of carbonyl (C=O) groups is 1. The molecule has 0 radical (unpaired) electrons. The van der Waals surface area contributed by atoms with Gasteiger partial charge in [0.05, 0.1) is 13.5 Å². The van der Waals surface area contributed by atoms with E-state index in [-0.39, 0.29) is 5.91 Å². The van der Waals surface area contributed by atoms with Crippen LogP contribution in [-0.4, -0.2) is 26.1 Å². The molecule has 0 aromatic heterocycles. The molecule has 4 heteroatoms. The largest absolute Gasteiger partial charge is 0.496 e. The molecule has 3 rings (SSSR count). The summed E-state index contributed by atoms with van der Waals surface area (Å²) in [6.07, 6.45) is 2.98. The lowest BCUT2D eigenvalue weighted by molar-refractivity contribution is -0.120. The number of benzene rings is 2. The SMILES string of the molecule is COc1ccc(CC(=O)NCc2ccc(N3CCC[C@@H](C)C3)cc2)cc1C. The van der Waals surface area contributed by atoms with Crippen LogP contribution in [0.25, 0.3) is 0 Å². The second-order valence-electron chi connectivity index (χ2n) is 7.62. The number of methoxy groups -OCH3 is 1. The summed E-state index contributed by atoms with van der Waals surface area (Å²) in [5.41, 5.74) is 4.46. The summed E-state index contributed by atoms with van der Waals surface area (Å²) in [5.74, 6) is 1.65. The maximum atomic E-state index is 12.3. The number of nitrogens with one attached hydrogen (secondary N) is 1. The van der Waals surface area contributed by atoms with Gasteiger partial charge in [-0.25, -0.2) is 0 Å². The van der Waals surface area contributed by atoms with Gasteiger partial charge in [0.25, 0.3) is 0 Å². The third-order valence-electron chi connectivity index (χ3n) is 5.27. The first-order valence-corrected chi connectivity index (χ1v) is 9.79. The molecule has 0 unspecified atom stereocenters. The zero-order chi connectivity index (χ0) is 19.2. The second kappa shape index (κ2) is 8.94. The highest BCUT2D eigenvalue weighted by Gasteiger charge is 2.16. The Morgan fingerprint density at radius 1 is 1.19 bits per heavy atom. The van der Waals surface area contributed by atoms with Crippen molar-refractivity contribution in [1.82, 2.24) is 5.32 Å². The lowest BCUT2D eigenvalue weighted by Crippen LogP contribution is -2.34. The van der Waals surface area contributed by atoms with Crippen LogP contribution in [0.5, 0.6) is 5.75 Å². The van der Waals surface area contributed by atoms with E-state index < -0.39 is 0 Å². The fourth-order valence-electron chi connectivity index (χ4n) is 3.75. The number of amides is 1. The zero-order valence-electron chi connectivity index (χ0n) is 16.6. The van der Waals surface area contributed by atoms with Gasteiger partial charge in [-0.15, -0.1) is 0 Å². The number of hydrogen-bond acceptors (Lipinski definition) is 3. The third-order valence-corrected chi connectivity index (χ3v) is 5.27. The van der Waals surface area contributed by atoms with E-state index in [1.165, 1.54) is 18.5 Å². The predicted octanol–water partition coefficient (Wildman–Crippen LogP) is 4.10. The predicted molar refractivity (Wildman–Crippen MR) is 110 cm³/mol. The summed E-state index contributed by atoms with van der Waals surface area (Å²) in [7, 11) is 1.66. The molecule has 0 bridgehead atoms. The zero-order valence-corrected chi connectivity index (χ0v) is 16.6. The first-order chi connectivity index (χ1) is 13.0. The van der Waals surface area contributed by atoms with Crippen LogP contribution < -0.4 is 15.0 Å². The maximum Gasteiger partial charge on any atom is 0.224 e. The minimum absolute atomic E-state index is 0.0356. The first kappa shape index (κ1) is 19.3. The Labute approximate surface area is 162 Å². The number of piperidine rings is 1. The summed E-state index contributed by atoms with van der Waals surface area (Å²) in [6, 6.07) is 14.4. The lowest BCUT2D eigenvalue weighted by Gasteiger charge is -2.32. The fourth-order valence-corrected chi connectivity index (χ4v) is 3.75. The number of hydrogen-bond donors (Lipinski definition) is 1. The standard InChI is InChI=1S/C23H30N2O2/c1-17-5-4-12-25(16-17)21-9-6-19(7-10-21)15-24-23(26)14-20-8-11-22(27-3)18(2)13-20/h6-11,13,17H,4-5,12,14-16H2,1-3H3,(H,24,26)/t17-/m1/s1. The molecular formula is C23H30N2O2. The smallest absolute Gasteiger partial charge is 0.224 e. The Morgan fingerprint density at radius 2 is 1.93 bits per heavy atom. The molecule has 27 heavy (non-hydrogen) atoms. The summed E-state index contributed by atoms with van der Waals surface area (Å²) < 4.78 is 5.27. The van der Waals surface area contributed by atoms with Gasteiger partial charge in [-0.1, -0.05) is 31.2 Å². The van der Waals surface area contributed by atoms with Crippen LogP contribution >= 0.6 is 0 Å². The van der Waals surface area contributed by atoms with Gasteiger partial charge in [-0.05, 0) is 60.6 Å². The molecule has 1 heterocycles. The molecule has 2 aromatic carbocycles. The number of anilines is 1. The van der Waals surface area contributed by atoms with Gasteiger partial charge in [0, 0.05) is 25.3 Å². The minimum atomic E-state index is 0.0356. The number of nitrogens with zero attached hydrogens (tertiary/aromatic N) is 1. The number of carbonyl (C=O) groups excluding carboxylic acids is 1. The quantitative estimate of drug-likeness (QED) is 0.837. The Hall–Kier alpha value is -2.49. The molecule has 1 aliphatic heterocycles. The molecule has 1 N–H and O–H groups in total. The van der Waals surface area contributed by atoms with E-state index >= 15 is 0 Å². The van der Waals surface area contributed by atoms with E-state index in [1.807, 2.05) is 25.1 Å². The molecule has 4 nitrogen and oxygen atoms in total. The molecular weight excluding hydrogens is 336 g/mol. The molecule has 1 fully saturated rings. The van der Waals surface area contributed by atoms with E-state index in [0.29, 0.717) is 13.0 Å². The van der Waals surface area contributed by atoms with E-state index in [2.05, 4.69) is 41.4 Å². The molecule has 1 aliphatic rings. The Bertz CT molecular complexity index is 770. The Balaban J connectivity index is 1.50. The van der Waals surface area contributed by atoms with Crippen molar-refractivity contribution in [2.75, 3.05) is 25.1 Å². The van der Waals surface area contributed by atoms with Crippen LogP contribution in [0.3, 0.4) is 0 Å². The van der Waals surface area contributed by atoms with Crippen molar-refractivity contribution < 1.29 is 9.53 Å². The molecule has 1 amide bonds. The van der Waals surface area contributed by atoms with Crippen molar-refractivity contribution in [3.8, 4) is 5.75 Å². The summed E-state index contributed by atoms with van der Waals surface area (Å²) in [4.78, 5) is 14.7. The van der Waals surface area contributed by atoms with Crippen LogP contribution in [0.2, 0.25) is 0 Å². The molecule has 144 valence electrons. The van der Waals surface area contributed by atoms with E-state index in [0.717, 1.165) is 41.4 Å².